The molecule has 0 fully saturated rings. The second-order valence-corrected chi connectivity index (χ2v) is 6.07. The molecule has 0 amide bonds. The summed E-state index contributed by atoms with van der Waals surface area (Å²) in [5.74, 6) is 0. The van der Waals surface area contributed by atoms with E-state index in [9.17, 15) is 0 Å². The fraction of sp³-hybridized carbons (Fsp3) is 0.333. The van der Waals surface area contributed by atoms with Gasteiger partial charge >= 0.3 is 0 Å². The first-order chi connectivity index (χ1) is 9.13. The zero-order chi connectivity index (χ0) is 13.5. The summed E-state index contributed by atoms with van der Waals surface area (Å²) in [7, 11) is 4.19. The van der Waals surface area contributed by atoms with Gasteiger partial charge in [-0.2, -0.15) is 0 Å². The number of nitrogens with zero attached hydrogens (tertiary/aromatic N) is 2. The number of fused-ring (bicyclic) bond motifs is 3. The predicted octanol–water partition coefficient (Wildman–Crippen LogP) is 2.67. The van der Waals surface area contributed by atoms with Gasteiger partial charge in [0, 0.05) is 24.3 Å². The van der Waals surface area contributed by atoms with Crippen LogP contribution in [-0.4, -0.2) is 38.1 Å². The van der Waals surface area contributed by atoms with Crippen molar-refractivity contribution in [1.82, 2.24) is 8.79 Å². The van der Waals surface area contributed by atoms with Crippen molar-refractivity contribution in [1.29, 1.82) is 0 Å². The summed E-state index contributed by atoms with van der Waals surface area (Å²) in [4.78, 5) is 2.20. The largest absolute Gasteiger partial charge is 0.472 e. The molecule has 2 heterocycles. The molecule has 19 heavy (non-hydrogen) atoms. The molecule has 0 N–H and O–H groups in total. The first-order valence-electron chi connectivity index (χ1n) is 6.50. The molecule has 0 bridgehead atoms. The van der Waals surface area contributed by atoms with E-state index >= 15 is 0 Å². The predicted molar refractivity (Wildman–Crippen MR) is 82.6 cm³/mol. The quantitative estimate of drug-likeness (QED) is 0.672. The van der Waals surface area contributed by atoms with E-state index < -0.39 is 0 Å². The zero-order valence-corrected chi connectivity index (χ0v) is 12.2. The van der Waals surface area contributed by atoms with E-state index in [-0.39, 0.29) is 6.04 Å². The Hall–Kier alpha value is -1.23. The standard InChI is InChI=1S/C15H19N2OS/c1-16(2)8-9-17(19)14-6-4-3-5-12(14)13-11-18-10-7-15(13)17/h3-7,10-11,15,19H,8-9H2,1-2H3/q+1. The summed E-state index contributed by atoms with van der Waals surface area (Å²) < 4.78 is 5.99. The maximum absolute atomic E-state index is 5.36. The smallest absolute Gasteiger partial charge is 0.156 e. The van der Waals surface area contributed by atoms with Crippen molar-refractivity contribution >= 4 is 24.1 Å². The third-order valence-corrected chi connectivity index (χ3v) is 4.50. The minimum absolute atomic E-state index is 0.245. The normalized spacial score (nSPS) is 27.8. The van der Waals surface area contributed by atoms with E-state index in [2.05, 4.69) is 49.3 Å². The Bertz CT molecular complexity index is 553. The molecule has 0 saturated heterocycles. The van der Waals surface area contributed by atoms with Gasteiger partial charge in [-0.15, -0.1) is 0 Å². The van der Waals surface area contributed by atoms with Crippen LogP contribution in [0, 0.1) is 0 Å². The lowest BCUT2D eigenvalue weighted by atomic mass is 10.0. The molecule has 1 aromatic rings. The van der Waals surface area contributed by atoms with Crippen LogP contribution in [0.3, 0.4) is 0 Å². The van der Waals surface area contributed by atoms with Crippen molar-refractivity contribution in [3.63, 3.8) is 0 Å². The van der Waals surface area contributed by atoms with Crippen molar-refractivity contribution in [3.05, 3.63) is 48.4 Å². The van der Waals surface area contributed by atoms with Crippen LogP contribution in [0.5, 0.6) is 0 Å². The highest BCUT2D eigenvalue weighted by Gasteiger charge is 2.48. The van der Waals surface area contributed by atoms with E-state index in [1.54, 1.807) is 6.26 Å². The van der Waals surface area contributed by atoms with Crippen LogP contribution < -0.4 is 3.89 Å². The van der Waals surface area contributed by atoms with Gasteiger partial charge in [-0.3, -0.25) is 0 Å². The number of hydrogen-bond donors (Lipinski definition) is 1. The lowest BCUT2D eigenvalue weighted by Crippen LogP contribution is -2.48. The molecule has 0 saturated carbocycles. The average Bonchev–Trinajstić information content (AvgIpc) is 2.69. The molecule has 0 radical (unpaired) electrons. The summed E-state index contributed by atoms with van der Waals surface area (Å²) >= 11 is 5.02. The van der Waals surface area contributed by atoms with Crippen molar-refractivity contribution in [3.8, 4) is 0 Å². The van der Waals surface area contributed by atoms with E-state index in [4.69, 9.17) is 17.6 Å². The van der Waals surface area contributed by atoms with Crippen LogP contribution in [0.2, 0.25) is 0 Å². The maximum Gasteiger partial charge on any atom is 0.156 e. The van der Waals surface area contributed by atoms with Crippen molar-refractivity contribution < 1.29 is 4.74 Å². The van der Waals surface area contributed by atoms with Crippen LogP contribution in [0.1, 0.15) is 5.56 Å². The molecule has 2 atom stereocenters. The Kier molecular flexibility index (Phi) is 3.17. The van der Waals surface area contributed by atoms with E-state index in [0.717, 1.165) is 13.1 Å². The summed E-state index contributed by atoms with van der Waals surface area (Å²) in [5, 5.41) is 0. The van der Waals surface area contributed by atoms with Crippen LogP contribution in [0.25, 0.3) is 5.57 Å². The summed E-state index contributed by atoms with van der Waals surface area (Å²) in [6, 6.07) is 8.73. The number of thiol groups is 1. The van der Waals surface area contributed by atoms with Gasteiger partial charge in [0.1, 0.15) is 12.8 Å². The Morgan fingerprint density at radius 3 is 2.89 bits per heavy atom. The molecule has 2 aliphatic rings. The second kappa shape index (κ2) is 4.71. The average molecular weight is 275 g/mol. The molecule has 1 aromatic carbocycles. The van der Waals surface area contributed by atoms with Gasteiger partial charge in [-0.05, 0) is 20.2 Å². The second-order valence-electron chi connectivity index (χ2n) is 5.35. The molecule has 0 aliphatic carbocycles. The summed E-state index contributed by atoms with van der Waals surface area (Å²) in [6.07, 6.45) is 5.73. The zero-order valence-electron chi connectivity index (χ0n) is 11.3. The summed E-state index contributed by atoms with van der Waals surface area (Å²) in [5.41, 5.74) is 3.75. The highest BCUT2D eigenvalue weighted by Crippen LogP contribution is 2.48. The van der Waals surface area contributed by atoms with Crippen molar-refractivity contribution in [2.24, 2.45) is 0 Å². The molecule has 3 rings (SSSR count). The highest BCUT2D eigenvalue weighted by atomic mass is 32.1. The van der Waals surface area contributed by atoms with Gasteiger partial charge in [0.15, 0.2) is 11.7 Å². The number of ether oxygens (including phenoxy) is 1. The number of likely N-dealkylation sites (N-methyl/N-ethyl adjacent to an activating group) is 1. The Morgan fingerprint density at radius 1 is 1.32 bits per heavy atom. The van der Waals surface area contributed by atoms with Gasteiger partial charge in [0.05, 0.1) is 24.7 Å². The highest BCUT2D eigenvalue weighted by molar-refractivity contribution is 7.79. The van der Waals surface area contributed by atoms with E-state index in [1.165, 1.54) is 16.8 Å². The molecule has 3 nitrogen and oxygen atoms in total. The van der Waals surface area contributed by atoms with Crippen LogP contribution in [0.15, 0.2) is 42.9 Å². The topological polar surface area (TPSA) is 12.5 Å². The number of hydrogen-bond acceptors (Lipinski definition) is 3. The minimum atomic E-state index is 0.245. The maximum atomic E-state index is 5.36. The van der Waals surface area contributed by atoms with Gasteiger partial charge in [-0.1, -0.05) is 12.1 Å². The fourth-order valence-corrected chi connectivity index (χ4v) is 3.28. The molecule has 100 valence electrons. The van der Waals surface area contributed by atoms with Gasteiger partial charge in [0.25, 0.3) is 0 Å². The summed E-state index contributed by atoms with van der Waals surface area (Å²) in [6.45, 7) is 1.95. The van der Waals surface area contributed by atoms with Gasteiger partial charge in [0.2, 0.25) is 0 Å². The van der Waals surface area contributed by atoms with Crippen LogP contribution in [0.4, 0.5) is 5.69 Å². The molecule has 0 spiro atoms. The molecular formula is C15H19N2OS+. The van der Waals surface area contributed by atoms with Gasteiger partial charge in [-0.25, -0.2) is 3.89 Å². The first kappa shape index (κ1) is 12.8. The number of rotatable bonds is 3. The monoisotopic (exact) mass is 275 g/mol. The Labute approximate surface area is 119 Å². The number of para-hydroxylation sites is 1. The Morgan fingerprint density at radius 2 is 2.11 bits per heavy atom. The fourth-order valence-electron chi connectivity index (χ4n) is 2.82. The number of benzene rings is 1. The molecule has 4 heteroatoms. The van der Waals surface area contributed by atoms with E-state index in [0.29, 0.717) is 3.89 Å². The minimum Gasteiger partial charge on any atom is -0.472 e. The lowest BCUT2D eigenvalue weighted by Gasteiger charge is -2.33. The molecule has 2 aliphatic heterocycles. The molecule has 0 aromatic heterocycles. The van der Waals surface area contributed by atoms with Crippen molar-refractivity contribution in [2.75, 3.05) is 27.2 Å². The van der Waals surface area contributed by atoms with Crippen molar-refractivity contribution in [2.45, 2.75) is 6.04 Å². The third kappa shape index (κ3) is 2.00. The molecule has 2 unspecified atom stereocenters. The van der Waals surface area contributed by atoms with Gasteiger partial charge < -0.3 is 9.64 Å². The lowest BCUT2D eigenvalue weighted by molar-refractivity contribution is 0.339. The van der Waals surface area contributed by atoms with Crippen LogP contribution >= 0.6 is 12.8 Å². The molecular weight excluding hydrogens is 256 g/mol. The van der Waals surface area contributed by atoms with Crippen LogP contribution in [-0.2, 0) is 4.74 Å². The SMILES string of the molecule is CN(C)CC[N+]1(S)c2ccccc2C2=COC=CC21. The van der Waals surface area contributed by atoms with E-state index in [1.807, 2.05) is 6.26 Å². The third-order valence-electron chi connectivity index (χ3n) is 3.83. The Balaban J connectivity index is 2.05. The first-order valence-corrected chi connectivity index (χ1v) is 6.90. The number of quaternary nitrogens is 1.